The van der Waals surface area contributed by atoms with Crippen molar-refractivity contribution in [3.05, 3.63) is 46.3 Å². The van der Waals surface area contributed by atoms with Crippen molar-refractivity contribution < 1.29 is 0 Å². The van der Waals surface area contributed by atoms with E-state index < -0.39 is 0 Å². The van der Waals surface area contributed by atoms with Crippen molar-refractivity contribution in [2.45, 2.75) is 18.4 Å². The largest absolute Gasteiger partial charge is 0.305 e. The van der Waals surface area contributed by atoms with Gasteiger partial charge >= 0.3 is 0 Å². The molecule has 0 N–H and O–H groups in total. The first-order valence-corrected chi connectivity index (χ1v) is 4.29. The summed E-state index contributed by atoms with van der Waals surface area (Å²) in [5, 5.41) is 0.724. The van der Waals surface area contributed by atoms with E-state index in [0.29, 0.717) is 0 Å². The fourth-order valence-electron chi connectivity index (χ4n) is 1.36. The molecule has 60 valence electrons. The summed E-state index contributed by atoms with van der Waals surface area (Å²) in [7, 11) is 0. The Balaban J connectivity index is 2.42. The Bertz CT molecular complexity index is 347. The van der Waals surface area contributed by atoms with E-state index in [0.717, 1.165) is 23.4 Å². The Labute approximate surface area is 76.8 Å². The van der Waals surface area contributed by atoms with Gasteiger partial charge in [-0.3, -0.25) is 0 Å². The van der Waals surface area contributed by atoms with E-state index in [1.165, 1.54) is 0 Å². The quantitative estimate of drug-likeness (QED) is 0.580. The van der Waals surface area contributed by atoms with Crippen LogP contribution in [0.3, 0.4) is 0 Å². The van der Waals surface area contributed by atoms with Crippen molar-refractivity contribution in [1.29, 1.82) is 0 Å². The molecule has 1 nitrogen and oxygen atoms in total. The minimum Gasteiger partial charge on any atom is -0.305 e. The fraction of sp³-hybridized carbons (Fsp3) is 0.300. The van der Waals surface area contributed by atoms with Gasteiger partial charge in [0.15, 0.2) is 0 Å². The van der Waals surface area contributed by atoms with Crippen LogP contribution in [0.15, 0.2) is 24.3 Å². The lowest BCUT2D eigenvalue weighted by Gasteiger charge is -2.01. The maximum absolute atomic E-state index is 7.06. The molecule has 12 heavy (non-hydrogen) atoms. The van der Waals surface area contributed by atoms with E-state index in [4.69, 9.17) is 18.2 Å². The number of rotatable bonds is 1. The molecule has 0 amide bonds. The Morgan fingerprint density at radius 2 is 2.17 bits per heavy atom. The molecular formula is C10H8ClN. The van der Waals surface area contributed by atoms with Crippen LogP contribution in [0.25, 0.3) is 4.85 Å². The van der Waals surface area contributed by atoms with Gasteiger partial charge in [0, 0.05) is 23.4 Å². The molecule has 1 saturated carbocycles. The molecule has 0 bridgehead atoms. The second-order valence-electron chi connectivity index (χ2n) is 3.15. The summed E-state index contributed by atoms with van der Waals surface area (Å²) < 4.78 is 0. The number of nitrogens with zero attached hydrogens (tertiary/aromatic N) is 1. The van der Waals surface area contributed by atoms with E-state index in [1.54, 1.807) is 0 Å². The van der Waals surface area contributed by atoms with Gasteiger partial charge in [-0.1, -0.05) is 23.7 Å². The van der Waals surface area contributed by atoms with Crippen molar-refractivity contribution >= 4 is 11.6 Å². The molecule has 1 fully saturated rings. The van der Waals surface area contributed by atoms with E-state index >= 15 is 0 Å². The Morgan fingerprint density at radius 3 is 2.67 bits per heavy atom. The maximum Gasteiger partial charge on any atom is 0.258 e. The van der Waals surface area contributed by atoms with Crippen LogP contribution < -0.4 is 0 Å². The maximum atomic E-state index is 7.06. The van der Waals surface area contributed by atoms with E-state index in [2.05, 4.69) is 4.85 Å². The first-order chi connectivity index (χ1) is 5.77. The first kappa shape index (κ1) is 7.64. The van der Waals surface area contributed by atoms with Gasteiger partial charge in [0.25, 0.3) is 5.54 Å². The zero-order valence-corrected chi connectivity index (χ0v) is 7.30. The van der Waals surface area contributed by atoms with Gasteiger partial charge in [0.05, 0.1) is 0 Å². The minimum absolute atomic E-state index is 0.217. The van der Waals surface area contributed by atoms with Crippen LogP contribution >= 0.6 is 11.6 Å². The van der Waals surface area contributed by atoms with Crippen molar-refractivity contribution in [2.24, 2.45) is 0 Å². The number of halogens is 1. The standard InChI is InChI=1S/C10H8ClN/c1-12-10(5-6-10)8-3-2-4-9(11)7-8/h2-4,7H,5-6H2. The molecule has 1 aromatic rings. The van der Waals surface area contributed by atoms with Gasteiger partial charge in [-0.2, -0.15) is 0 Å². The molecule has 1 aromatic carbocycles. The Morgan fingerprint density at radius 1 is 1.42 bits per heavy atom. The summed E-state index contributed by atoms with van der Waals surface area (Å²) in [5.74, 6) is 0. The van der Waals surface area contributed by atoms with Gasteiger partial charge in [-0.15, -0.1) is 0 Å². The zero-order chi connectivity index (χ0) is 8.60. The summed E-state index contributed by atoms with van der Waals surface area (Å²) in [5.41, 5.74) is 0.857. The predicted molar refractivity (Wildman–Crippen MR) is 49.0 cm³/mol. The van der Waals surface area contributed by atoms with Crippen LogP contribution in [0.5, 0.6) is 0 Å². The molecular weight excluding hydrogens is 170 g/mol. The smallest absolute Gasteiger partial charge is 0.258 e. The van der Waals surface area contributed by atoms with Gasteiger partial charge in [-0.05, 0) is 12.1 Å². The molecule has 0 radical (unpaired) electrons. The molecule has 0 aromatic heterocycles. The van der Waals surface area contributed by atoms with Crippen LogP contribution in [0.4, 0.5) is 0 Å². The third-order valence-electron chi connectivity index (χ3n) is 2.30. The van der Waals surface area contributed by atoms with E-state index in [-0.39, 0.29) is 5.54 Å². The molecule has 2 rings (SSSR count). The van der Waals surface area contributed by atoms with Gasteiger partial charge < -0.3 is 4.85 Å². The van der Waals surface area contributed by atoms with Crippen molar-refractivity contribution in [2.75, 3.05) is 0 Å². The predicted octanol–water partition coefficient (Wildman–Crippen LogP) is 3.25. The lowest BCUT2D eigenvalue weighted by atomic mass is 10.1. The number of hydrogen-bond acceptors (Lipinski definition) is 0. The van der Waals surface area contributed by atoms with Gasteiger partial charge in [0.1, 0.15) is 0 Å². The Hall–Kier alpha value is -1.00. The molecule has 0 atom stereocenters. The molecule has 1 aliphatic rings. The monoisotopic (exact) mass is 177 g/mol. The number of hydrogen-bond donors (Lipinski definition) is 0. The molecule has 0 unspecified atom stereocenters. The highest BCUT2D eigenvalue weighted by Crippen LogP contribution is 2.49. The Kier molecular flexibility index (Phi) is 1.59. The van der Waals surface area contributed by atoms with E-state index in [1.807, 2.05) is 24.3 Å². The zero-order valence-electron chi connectivity index (χ0n) is 6.55. The molecule has 2 heteroatoms. The van der Waals surface area contributed by atoms with Crippen LogP contribution in [-0.2, 0) is 5.54 Å². The molecule has 0 saturated heterocycles. The van der Waals surface area contributed by atoms with Crippen molar-refractivity contribution in [3.8, 4) is 0 Å². The van der Waals surface area contributed by atoms with Crippen LogP contribution in [0.1, 0.15) is 18.4 Å². The average molecular weight is 178 g/mol. The van der Waals surface area contributed by atoms with Crippen LogP contribution in [0, 0.1) is 6.57 Å². The average Bonchev–Trinajstić information content (AvgIpc) is 2.84. The first-order valence-electron chi connectivity index (χ1n) is 3.91. The highest BCUT2D eigenvalue weighted by Gasteiger charge is 2.52. The molecule has 0 heterocycles. The highest BCUT2D eigenvalue weighted by atomic mass is 35.5. The number of benzene rings is 1. The van der Waals surface area contributed by atoms with Crippen molar-refractivity contribution in [3.63, 3.8) is 0 Å². The molecule has 0 aliphatic heterocycles. The second-order valence-corrected chi connectivity index (χ2v) is 3.59. The molecule has 0 spiro atoms. The summed E-state index contributed by atoms with van der Waals surface area (Å²) in [6.07, 6.45) is 1.97. The summed E-state index contributed by atoms with van der Waals surface area (Å²) in [6.45, 7) is 7.06. The van der Waals surface area contributed by atoms with Crippen LogP contribution in [0.2, 0.25) is 5.02 Å². The topological polar surface area (TPSA) is 4.36 Å². The SMILES string of the molecule is [C-]#[N+]C1(c2cccc(Cl)c2)CC1. The summed E-state index contributed by atoms with van der Waals surface area (Å²) in [6, 6.07) is 7.62. The third kappa shape index (κ3) is 1.09. The fourth-order valence-corrected chi connectivity index (χ4v) is 1.55. The third-order valence-corrected chi connectivity index (χ3v) is 2.53. The highest BCUT2D eigenvalue weighted by molar-refractivity contribution is 6.30. The summed E-state index contributed by atoms with van der Waals surface area (Å²) in [4.78, 5) is 3.63. The van der Waals surface area contributed by atoms with Gasteiger partial charge in [0.2, 0.25) is 0 Å². The molecule has 1 aliphatic carbocycles. The van der Waals surface area contributed by atoms with Gasteiger partial charge in [-0.25, -0.2) is 6.57 Å². The minimum atomic E-state index is -0.217. The lowest BCUT2D eigenvalue weighted by molar-refractivity contribution is 0.884. The van der Waals surface area contributed by atoms with Crippen molar-refractivity contribution in [1.82, 2.24) is 0 Å². The van der Waals surface area contributed by atoms with E-state index in [9.17, 15) is 0 Å². The van der Waals surface area contributed by atoms with Crippen LogP contribution in [-0.4, -0.2) is 0 Å². The normalized spacial score (nSPS) is 18.3. The summed E-state index contributed by atoms with van der Waals surface area (Å²) >= 11 is 5.83. The second kappa shape index (κ2) is 2.50. The lowest BCUT2D eigenvalue weighted by Crippen LogP contribution is -1.98.